The highest BCUT2D eigenvalue weighted by Gasteiger charge is 2.32. The molecule has 0 aromatic carbocycles. The van der Waals surface area contributed by atoms with E-state index in [1.165, 1.54) is 37.1 Å². The Labute approximate surface area is 120 Å². The van der Waals surface area contributed by atoms with Gasteiger partial charge in [0.25, 0.3) is 0 Å². The molecule has 2 saturated carbocycles. The molecule has 0 saturated heterocycles. The van der Waals surface area contributed by atoms with Gasteiger partial charge in [-0.3, -0.25) is 9.48 Å². The Hall–Kier alpha value is -1.58. The molecule has 0 spiro atoms. The van der Waals surface area contributed by atoms with Gasteiger partial charge in [0, 0.05) is 30.5 Å². The van der Waals surface area contributed by atoms with Crippen molar-refractivity contribution in [2.75, 3.05) is 6.54 Å². The fourth-order valence-corrected chi connectivity index (χ4v) is 2.54. The number of allylic oxidation sites excluding steroid dienone is 1. The van der Waals surface area contributed by atoms with Crippen molar-refractivity contribution in [3.05, 3.63) is 30.1 Å². The average molecular weight is 273 g/mol. The van der Waals surface area contributed by atoms with Crippen molar-refractivity contribution in [2.24, 2.45) is 0 Å². The minimum atomic E-state index is 0.104. The molecule has 0 aliphatic heterocycles. The smallest absolute Gasteiger partial charge is 0.220 e. The third kappa shape index (κ3) is 3.30. The van der Waals surface area contributed by atoms with Gasteiger partial charge in [-0.05, 0) is 38.2 Å². The van der Waals surface area contributed by atoms with Gasteiger partial charge < -0.3 is 5.32 Å². The maximum atomic E-state index is 11.6. The number of rotatable bonds is 8. The van der Waals surface area contributed by atoms with E-state index in [4.69, 9.17) is 5.10 Å². The summed E-state index contributed by atoms with van der Waals surface area (Å²) in [7, 11) is 0. The van der Waals surface area contributed by atoms with Gasteiger partial charge in [0.15, 0.2) is 0 Å². The molecule has 1 aromatic heterocycles. The van der Waals surface area contributed by atoms with Crippen molar-refractivity contribution in [3.8, 4) is 0 Å². The van der Waals surface area contributed by atoms with Crippen molar-refractivity contribution in [2.45, 2.75) is 56.9 Å². The maximum Gasteiger partial charge on any atom is 0.220 e. The van der Waals surface area contributed by atoms with E-state index in [-0.39, 0.29) is 5.91 Å². The summed E-state index contributed by atoms with van der Waals surface area (Å²) in [5.74, 6) is 1.52. The van der Waals surface area contributed by atoms with Gasteiger partial charge >= 0.3 is 0 Å². The van der Waals surface area contributed by atoms with Crippen LogP contribution >= 0.6 is 0 Å². The van der Waals surface area contributed by atoms with Crippen LogP contribution < -0.4 is 5.32 Å². The zero-order valence-electron chi connectivity index (χ0n) is 12.0. The Balaban J connectivity index is 1.53. The molecule has 3 rings (SSSR count). The zero-order valence-corrected chi connectivity index (χ0v) is 12.0. The third-order valence-electron chi connectivity index (χ3n) is 4.04. The largest absolute Gasteiger partial charge is 0.354 e. The first-order chi connectivity index (χ1) is 9.78. The number of hydrogen-bond acceptors (Lipinski definition) is 2. The minimum absolute atomic E-state index is 0.104. The van der Waals surface area contributed by atoms with E-state index < -0.39 is 0 Å². The highest BCUT2D eigenvalue weighted by atomic mass is 16.1. The van der Waals surface area contributed by atoms with Crippen LogP contribution in [0.3, 0.4) is 0 Å². The van der Waals surface area contributed by atoms with Crippen molar-refractivity contribution in [3.63, 3.8) is 0 Å². The molecule has 4 heteroatoms. The summed E-state index contributed by atoms with van der Waals surface area (Å²) >= 11 is 0. The topological polar surface area (TPSA) is 46.9 Å². The van der Waals surface area contributed by atoms with Crippen LogP contribution in [0.1, 0.15) is 61.7 Å². The van der Waals surface area contributed by atoms with E-state index >= 15 is 0 Å². The first kappa shape index (κ1) is 13.4. The molecule has 20 heavy (non-hydrogen) atoms. The number of amides is 1. The number of aromatic nitrogens is 2. The minimum Gasteiger partial charge on any atom is -0.354 e. The monoisotopic (exact) mass is 273 g/mol. The van der Waals surface area contributed by atoms with Crippen LogP contribution in [0.25, 0.3) is 0 Å². The van der Waals surface area contributed by atoms with Gasteiger partial charge in [0.1, 0.15) is 0 Å². The summed E-state index contributed by atoms with van der Waals surface area (Å²) < 4.78 is 2.12. The Morgan fingerprint density at radius 1 is 1.40 bits per heavy atom. The van der Waals surface area contributed by atoms with E-state index in [0.29, 0.717) is 24.8 Å². The number of nitrogens with one attached hydrogen (secondary N) is 1. The van der Waals surface area contributed by atoms with Crippen molar-refractivity contribution < 1.29 is 4.79 Å². The second kappa shape index (κ2) is 5.81. The summed E-state index contributed by atoms with van der Waals surface area (Å²) in [5, 5.41) is 7.70. The fourth-order valence-electron chi connectivity index (χ4n) is 2.54. The van der Waals surface area contributed by atoms with Crippen LogP contribution in [0, 0.1) is 0 Å². The van der Waals surface area contributed by atoms with E-state index in [1.807, 2.05) is 0 Å². The third-order valence-corrected chi connectivity index (χ3v) is 4.04. The van der Waals surface area contributed by atoms with Crippen LogP contribution in [0.15, 0.2) is 18.7 Å². The number of nitrogens with zero attached hydrogens (tertiary/aromatic N) is 2. The van der Waals surface area contributed by atoms with Crippen LogP contribution in [-0.2, 0) is 11.3 Å². The molecule has 108 valence electrons. The van der Waals surface area contributed by atoms with Crippen LogP contribution in [0.2, 0.25) is 0 Å². The van der Waals surface area contributed by atoms with Gasteiger partial charge in [-0.2, -0.15) is 5.10 Å². The lowest BCUT2D eigenvalue weighted by Gasteiger charge is -2.08. The predicted molar refractivity (Wildman–Crippen MR) is 78.6 cm³/mol. The molecular formula is C16H23N3O. The molecule has 2 fully saturated rings. The highest BCUT2D eigenvalue weighted by molar-refractivity contribution is 5.75. The summed E-state index contributed by atoms with van der Waals surface area (Å²) in [5.41, 5.74) is 2.65. The number of hydrogen-bond donors (Lipinski definition) is 1. The molecule has 0 unspecified atom stereocenters. The second-order valence-corrected chi connectivity index (χ2v) is 5.94. The standard InChI is InChI=1S/C16H23N3O/c1-2-3-4-16(20)17-9-10-19-15(13-7-8-13)11-14(18-19)12-5-6-12/h2,11-13H,1,3-10H2,(H,17,20). The van der Waals surface area contributed by atoms with E-state index in [2.05, 4.69) is 22.6 Å². The SMILES string of the molecule is C=CCCC(=O)NCCn1nc(C2CC2)cc1C1CC1. The summed E-state index contributed by atoms with van der Waals surface area (Å²) in [4.78, 5) is 11.6. The lowest BCUT2D eigenvalue weighted by atomic mass is 10.2. The summed E-state index contributed by atoms with van der Waals surface area (Å²) in [6.45, 7) is 5.09. The molecular weight excluding hydrogens is 250 g/mol. The number of carbonyl (C=O) groups is 1. The van der Waals surface area contributed by atoms with Crippen LogP contribution in [0.5, 0.6) is 0 Å². The highest BCUT2D eigenvalue weighted by Crippen LogP contribution is 2.44. The molecule has 2 aliphatic carbocycles. The van der Waals surface area contributed by atoms with Gasteiger partial charge in [0.05, 0.1) is 12.2 Å². The van der Waals surface area contributed by atoms with Gasteiger partial charge in [-0.15, -0.1) is 6.58 Å². The lowest BCUT2D eigenvalue weighted by molar-refractivity contribution is -0.121. The fraction of sp³-hybridized carbons (Fsp3) is 0.625. The molecule has 1 aromatic rings. The summed E-state index contributed by atoms with van der Waals surface area (Å²) in [6, 6.07) is 2.30. The molecule has 2 aliphatic rings. The molecule has 0 bridgehead atoms. The van der Waals surface area contributed by atoms with E-state index in [0.717, 1.165) is 13.0 Å². The number of carbonyl (C=O) groups excluding carboxylic acids is 1. The molecule has 0 atom stereocenters. The van der Waals surface area contributed by atoms with Crippen LogP contribution in [-0.4, -0.2) is 22.2 Å². The van der Waals surface area contributed by atoms with Crippen molar-refractivity contribution >= 4 is 5.91 Å². The second-order valence-electron chi connectivity index (χ2n) is 5.94. The quantitative estimate of drug-likeness (QED) is 0.740. The Kier molecular flexibility index (Phi) is 3.90. The Bertz CT molecular complexity index is 498. The normalized spacial score (nSPS) is 18.0. The first-order valence-corrected chi connectivity index (χ1v) is 7.73. The average Bonchev–Trinajstić information content (AvgIpc) is 3.35. The molecule has 1 amide bonds. The van der Waals surface area contributed by atoms with E-state index in [9.17, 15) is 4.79 Å². The Morgan fingerprint density at radius 3 is 2.80 bits per heavy atom. The van der Waals surface area contributed by atoms with Crippen molar-refractivity contribution in [1.29, 1.82) is 0 Å². The molecule has 0 radical (unpaired) electrons. The molecule has 1 heterocycles. The molecule has 1 N–H and O–H groups in total. The van der Waals surface area contributed by atoms with Gasteiger partial charge in [-0.25, -0.2) is 0 Å². The van der Waals surface area contributed by atoms with Gasteiger partial charge in [0.2, 0.25) is 5.91 Å². The van der Waals surface area contributed by atoms with Gasteiger partial charge in [-0.1, -0.05) is 6.08 Å². The zero-order chi connectivity index (χ0) is 13.9. The maximum absolute atomic E-state index is 11.6. The Morgan fingerprint density at radius 2 is 2.15 bits per heavy atom. The van der Waals surface area contributed by atoms with Crippen LogP contribution in [0.4, 0.5) is 0 Å². The lowest BCUT2D eigenvalue weighted by Crippen LogP contribution is -2.27. The first-order valence-electron chi connectivity index (χ1n) is 7.73. The van der Waals surface area contributed by atoms with Crippen molar-refractivity contribution in [1.82, 2.24) is 15.1 Å². The molecule has 4 nitrogen and oxygen atoms in total. The predicted octanol–water partition coefficient (Wildman–Crippen LogP) is 2.72. The summed E-state index contributed by atoms with van der Waals surface area (Å²) in [6.07, 6.45) is 8.22. The van der Waals surface area contributed by atoms with E-state index in [1.54, 1.807) is 6.08 Å².